The molecular formula is C32H46N8O3. The second kappa shape index (κ2) is 16.9. The Morgan fingerprint density at radius 2 is 1.47 bits per heavy atom. The van der Waals surface area contributed by atoms with Crippen LogP contribution in [0.3, 0.4) is 0 Å². The first-order chi connectivity index (χ1) is 20.6. The van der Waals surface area contributed by atoms with Crippen molar-refractivity contribution in [3.8, 4) is 0 Å². The minimum absolute atomic E-state index is 0.00843. The van der Waals surface area contributed by atoms with Crippen LogP contribution in [0, 0.1) is 17.2 Å². The van der Waals surface area contributed by atoms with Crippen LogP contribution in [0.2, 0.25) is 0 Å². The van der Waals surface area contributed by atoms with Gasteiger partial charge >= 0.3 is 0 Å². The minimum Gasteiger partial charge on any atom is -0.384 e. The summed E-state index contributed by atoms with van der Waals surface area (Å²) in [6.45, 7) is 0.298. The van der Waals surface area contributed by atoms with E-state index in [9.17, 15) is 14.4 Å². The number of benzene rings is 2. The molecule has 2 aromatic carbocycles. The maximum Gasteiger partial charge on any atom is 0.243 e. The van der Waals surface area contributed by atoms with E-state index in [0.717, 1.165) is 43.2 Å². The van der Waals surface area contributed by atoms with Crippen LogP contribution in [-0.2, 0) is 27.2 Å². The highest BCUT2D eigenvalue weighted by atomic mass is 16.2. The molecule has 1 fully saturated rings. The molecule has 3 amide bonds. The predicted molar refractivity (Wildman–Crippen MR) is 169 cm³/mol. The van der Waals surface area contributed by atoms with Gasteiger partial charge in [-0.05, 0) is 62.0 Å². The molecule has 0 radical (unpaired) electrons. The summed E-state index contributed by atoms with van der Waals surface area (Å²) in [7, 11) is 0. The summed E-state index contributed by atoms with van der Waals surface area (Å²) in [5.74, 6) is -1.51. The first-order valence-electron chi connectivity index (χ1n) is 15.1. The minimum atomic E-state index is -0.924. The zero-order valence-corrected chi connectivity index (χ0v) is 24.8. The Morgan fingerprint density at radius 3 is 2.07 bits per heavy atom. The normalized spacial score (nSPS) is 15.4. The molecule has 1 aliphatic carbocycles. The number of rotatable bonds is 16. The molecule has 11 nitrogen and oxygen atoms in total. The molecule has 3 rings (SSSR count). The number of aryl methyl sites for hydroxylation is 1. The molecular weight excluding hydrogens is 544 g/mol. The summed E-state index contributed by atoms with van der Waals surface area (Å²) in [4.78, 5) is 43.7. The van der Waals surface area contributed by atoms with Crippen LogP contribution < -0.4 is 33.6 Å². The molecule has 3 atom stereocenters. The number of nitrogen functional groups attached to an aromatic ring is 1. The van der Waals surface area contributed by atoms with Crippen molar-refractivity contribution in [3.63, 3.8) is 0 Å². The van der Waals surface area contributed by atoms with E-state index in [1.807, 2.05) is 42.5 Å². The molecule has 2 aromatic rings. The Hall–Kier alpha value is -4.41. The van der Waals surface area contributed by atoms with Gasteiger partial charge in [0.1, 0.15) is 17.9 Å². The zero-order chi connectivity index (χ0) is 31.2. The number of amidine groups is 1. The van der Waals surface area contributed by atoms with Gasteiger partial charge in [0.15, 0.2) is 5.96 Å². The lowest BCUT2D eigenvalue weighted by Gasteiger charge is -2.31. The number of nitrogens with zero attached hydrogens (tertiary/aromatic N) is 1. The quantitative estimate of drug-likeness (QED) is 0.0879. The fourth-order valence-corrected chi connectivity index (χ4v) is 5.65. The van der Waals surface area contributed by atoms with Gasteiger partial charge in [0.2, 0.25) is 17.7 Å². The Labute approximate surface area is 253 Å². The van der Waals surface area contributed by atoms with E-state index in [-0.39, 0.29) is 36.0 Å². The van der Waals surface area contributed by atoms with E-state index in [4.69, 9.17) is 28.3 Å². The monoisotopic (exact) mass is 590 g/mol. The van der Waals surface area contributed by atoms with Gasteiger partial charge in [-0.2, -0.15) is 0 Å². The summed E-state index contributed by atoms with van der Waals surface area (Å²) in [6, 6.07) is 15.3. The van der Waals surface area contributed by atoms with Crippen molar-refractivity contribution in [3.05, 3.63) is 71.3 Å². The van der Waals surface area contributed by atoms with Crippen molar-refractivity contribution >= 4 is 29.5 Å². The van der Waals surface area contributed by atoms with Crippen LogP contribution in [0.4, 0.5) is 0 Å². The van der Waals surface area contributed by atoms with Crippen LogP contribution in [0.25, 0.3) is 0 Å². The molecule has 0 spiro atoms. The maximum atomic E-state index is 14.0. The number of hydrogen-bond donors (Lipinski definition) is 7. The number of aliphatic imine (C=N–C) groups is 1. The van der Waals surface area contributed by atoms with Crippen LogP contribution >= 0.6 is 0 Å². The molecule has 0 bridgehead atoms. The highest BCUT2D eigenvalue weighted by Crippen LogP contribution is 2.32. The van der Waals surface area contributed by atoms with E-state index in [1.165, 1.54) is 0 Å². The van der Waals surface area contributed by atoms with Crippen molar-refractivity contribution in [2.75, 3.05) is 6.54 Å². The molecule has 43 heavy (non-hydrogen) atoms. The number of nitrogens with two attached hydrogens (primary N) is 4. The van der Waals surface area contributed by atoms with Gasteiger partial charge in [-0.15, -0.1) is 0 Å². The van der Waals surface area contributed by atoms with Crippen molar-refractivity contribution in [2.24, 2.45) is 39.8 Å². The largest absolute Gasteiger partial charge is 0.384 e. The third kappa shape index (κ3) is 11.1. The van der Waals surface area contributed by atoms with Crippen molar-refractivity contribution in [1.29, 1.82) is 5.41 Å². The highest BCUT2D eigenvalue weighted by molar-refractivity contribution is 5.95. The molecule has 0 aromatic heterocycles. The average Bonchev–Trinajstić information content (AvgIpc) is 3.00. The maximum absolute atomic E-state index is 14.0. The lowest BCUT2D eigenvalue weighted by Crippen LogP contribution is -2.54. The van der Waals surface area contributed by atoms with Gasteiger partial charge in [-0.1, -0.05) is 73.9 Å². The fourth-order valence-electron chi connectivity index (χ4n) is 5.65. The van der Waals surface area contributed by atoms with Gasteiger partial charge < -0.3 is 33.6 Å². The average molecular weight is 591 g/mol. The van der Waals surface area contributed by atoms with Gasteiger partial charge in [-0.25, -0.2) is 0 Å². The Kier molecular flexibility index (Phi) is 13.0. The first-order valence-corrected chi connectivity index (χ1v) is 15.1. The molecule has 1 saturated carbocycles. The second-order valence-electron chi connectivity index (χ2n) is 11.3. The summed E-state index contributed by atoms with van der Waals surface area (Å²) < 4.78 is 0. The van der Waals surface area contributed by atoms with Crippen LogP contribution in [0.1, 0.15) is 68.1 Å². The topological polar surface area (TPSA) is 216 Å². The lowest BCUT2D eigenvalue weighted by molar-refractivity contribution is -0.134. The smallest absolute Gasteiger partial charge is 0.243 e. The zero-order valence-electron chi connectivity index (χ0n) is 24.8. The molecule has 1 unspecified atom stereocenters. The number of primary amides is 1. The molecule has 0 aliphatic heterocycles. The number of carbonyl (C=O) groups excluding carboxylic acids is 3. The van der Waals surface area contributed by atoms with Crippen LogP contribution in [0.5, 0.6) is 0 Å². The van der Waals surface area contributed by atoms with Crippen LogP contribution in [-0.4, -0.2) is 48.1 Å². The molecule has 0 saturated heterocycles. The number of nitrogens with one attached hydrogen (secondary N) is 3. The second-order valence-corrected chi connectivity index (χ2v) is 11.3. The van der Waals surface area contributed by atoms with Gasteiger partial charge in [0.25, 0.3) is 0 Å². The van der Waals surface area contributed by atoms with E-state index >= 15 is 0 Å². The summed E-state index contributed by atoms with van der Waals surface area (Å²) in [5, 5.41) is 13.5. The van der Waals surface area contributed by atoms with E-state index in [1.54, 1.807) is 12.1 Å². The third-order valence-electron chi connectivity index (χ3n) is 8.08. The number of guanidine groups is 1. The van der Waals surface area contributed by atoms with Crippen molar-refractivity contribution in [1.82, 2.24) is 10.6 Å². The Bertz CT molecular complexity index is 1240. The van der Waals surface area contributed by atoms with Gasteiger partial charge in [0.05, 0.1) is 0 Å². The standard InChI is InChI=1S/C32H46N8O3/c33-28(34)24-16-13-22(14-17-24)20-25(23-10-5-2-6-11-23)30(42)40-27(18-15-21-8-3-1-4-9-21)31(43)39-26(29(35)41)12-7-19-38-32(36)37/h1,3-4,8-9,13-14,16-17,23,25-27H,2,5-7,10-12,15,18-20H2,(H3,33,34)(H2,35,41)(H,39,43)(H,40,42)(H4,36,37,38)/t25-,26?,27-/m0/s1. The third-order valence-corrected chi connectivity index (χ3v) is 8.08. The summed E-state index contributed by atoms with van der Waals surface area (Å²) in [5.41, 5.74) is 24.6. The van der Waals surface area contributed by atoms with E-state index < -0.39 is 23.9 Å². The molecule has 1 aliphatic rings. The lowest BCUT2D eigenvalue weighted by atomic mass is 9.76. The molecule has 11 N–H and O–H groups in total. The highest BCUT2D eigenvalue weighted by Gasteiger charge is 2.33. The van der Waals surface area contributed by atoms with Crippen LogP contribution in [0.15, 0.2) is 59.6 Å². The van der Waals surface area contributed by atoms with Gasteiger partial charge in [0, 0.05) is 18.0 Å². The molecule has 0 heterocycles. The number of hydrogen-bond acceptors (Lipinski definition) is 5. The summed E-state index contributed by atoms with van der Waals surface area (Å²) in [6.07, 6.45) is 7.31. The number of carbonyl (C=O) groups is 3. The SMILES string of the molecule is N=C(N)c1ccc(C[C@H](C(=O)N[C@@H](CCc2ccccc2)C(=O)NC(CCCN=C(N)N)C(N)=O)C2CCCCC2)cc1. The molecule has 11 heteroatoms. The number of amides is 3. The Morgan fingerprint density at radius 1 is 0.814 bits per heavy atom. The van der Waals surface area contributed by atoms with E-state index in [2.05, 4.69) is 15.6 Å². The fraction of sp³-hybridized carbons (Fsp3) is 0.469. The van der Waals surface area contributed by atoms with Crippen molar-refractivity contribution in [2.45, 2.75) is 76.3 Å². The predicted octanol–water partition coefficient (Wildman–Crippen LogP) is 1.85. The summed E-state index contributed by atoms with van der Waals surface area (Å²) >= 11 is 0. The Balaban J connectivity index is 1.79. The van der Waals surface area contributed by atoms with Gasteiger partial charge in [-0.3, -0.25) is 24.8 Å². The molecule has 232 valence electrons. The van der Waals surface area contributed by atoms with E-state index in [0.29, 0.717) is 37.8 Å². The first kappa shape index (κ1) is 33.1. The van der Waals surface area contributed by atoms with Crippen molar-refractivity contribution < 1.29 is 14.4 Å².